The summed E-state index contributed by atoms with van der Waals surface area (Å²) in [6.45, 7) is 3.25. The predicted molar refractivity (Wildman–Crippen MR) is 78.3 cm³/mol. The van der Waals surface area contributed by atoms with Gasteiger partial charge in [-0.1, -0.05) is 18.6 Å². The van der Waals surface area contributed by atoms with Crippen LogP contribution in [-0.4, -0.2) is 26.2 Å². The number of fused-ring (bicyclic) bond motifs is 1. The Morgan fingerprint density at radius 3 is 2.68 bits per heavy atom. The van der Waals surface area contributed by atoms with Crippen molar-refractivity contribution in [3.05, 3.63) is 29.8 Å². The molecule has 0 radical (unpaired) electrons. The van der Waals surface area contributed by atoms with Gasteiger partial charge < -0.3 is 9.64 Å². The van der Waals surface area contributed by atoms with Crippen LogP contribution in [0.3, 0.4) is 0 Å². The Balaban J connectivity index is 1.76. The molecule has 2 aliphatic rings. The Morgan fingerprint density at radius 2 is 2.00 bits per heavy atom. The fourth-order valence-corrected chi connectivity index (χ4v) is 3.38. The first-order valence-corrected chi connectivity index (χ1v) is 7.25. The van der Waals surface area contributed by atoms with Gasteiger partial charge in [0.15, 0.2) is 0 Å². The summed E-state index contributed by atoms with van der Waals surface area (Å²) in [5.41, 5.74) is 2.73. The second-order valence-corrected chi connectivity index (χ2v) is 6.35. The summed E-state index contributed by atoms with van der Waals surface area (Å²) in [6, 6.07) is 8.66. The van der Waals surface area contributed by atoms with Crippen LogP contribution in [0.4, 0.5) is 5.69 Å². The molecule has 3 rings (SSSR count). The van der Waals surface area contributed by atoms with Crippen molar-refractivity contribution in [3.63, 3.8) is 0 Å². The molecule has 0 unspecified atom stereocenters. The van der Waals surface area contributed by atoms with Gasteiger partial charge in [-0.3, -0.25) is 5.32 Å². The van der Waals surface area contributed by atoms with Crippen molar-refractivity contribution in [3.8, 4) is 0 Å². The van der Waals surface area contributed by atoms with E-state index in [-0.39, 0.29) is 11.8 Å². The Morgan fingerprint density at radius 1 is 1.26 bits per heavy atom. The molecule has 3 atom stereocenters. The third-order valence-electron chi connectivity index (χ3n) is 4.79. The van der Waals surface area contributed by atoms with E-state index in [0.717, 1.165) is 6.61 Å². The molecule has 1 heterocycles. The molecular weight excluding hydrogens is 236 g/mol. The highest BCUT2D eigenvalue weighted by Gasteiger charge is 2.43. The van der Waals surface area contributed by atoms with Crippen molar-refractivity contribution in [2.45, 2.75) is 38.0 Å². The molecule has 1 N–H and O–H groups in total. The molecule has 3 heteroatoms. The summed E-state index contributed by atoms with van der Waals surface area (Å²) in [5, 5.41) is 3.72. The summed E-state index contributed by atoms with van der Waals surface area (Å²) in [6.07, 6.45) is 3.95. The Kier molecular flexibility index (Phi) is 3.27. The van der Waals surface area contributed by atoms with Gasteiger partial charge in [-0.25, -0.2) is 0 Å². The molecule has 1 aliphatic heterocycles. The predicted octanol–water partition coefficient (Wildman–Crippen LogP) is 2.93. The molecule has 0 aromatic heterocycles. The van der Waals surface area contributed by atoms with Crippen molar-refractivity contribution in [1.82, 2.24) is 5.32 Å². The Bertz CT molecular complexity index is 443. The zero-order chi connectivity index (χ0) is 13.5. The Hall–Kier alpha value is -1.06. The molecule has 1 saturated carbocycles. The highest BCUT2D eigenvalue weighted by Crippen LogP contribution is 2.41. The van der Waals surface area contributed by atoms with Crippen LogP contribution in [0.5, 0.6) is 0 Å². The standard InChI is InChI=1S/C16H24N2O/c1-16-10-4-5-13(16)11-19-15(17-16)12-6-8-14(9-7-12)18(2)3/h6-9,13,15,17H,4-5,10-11H2,1-3H3/t13-,15-,16-/m0/s1. The second kappa shape index (κ2) is 4.80. The molecule has 104 valence electrons. The van der Waals surface area contributed by atoms with E-state index in [0.29, 0.717) is 5.92 Å². The maximum absolute atomic E-state index is 6.02. The number of ether oxygens (including phenoxy) is 1. The molecule has 3 nitrogen and oxygen atoms in total. The zero-order valence-corrected chi connectivity index (χ0v) is 12.1. The van der Waals surface area contributed by atoms with Crippen LogP contribution in [0.15, 0.2) is 24.3 Å². The number of hydrogen-bond donors (Lipinski definition) is 1. The maximum Gasteiger partial charge on any atom is 0.134 e. The monoisotopic (exact) mass is 260 g/mol. The maximum atomic E-state index is 6.02. The quantitative estimate of drug-likeness (QED) is 0.885. The molecule has 1 aromatic rings. The molecule has 1 aromatic carbocycles. The molecule has 0 bridgehead atoms. The smallest absolute Gasteiger partial charge is 0.134 e. The number of nitrogens with zero attached hydrogens (tertiary/aromatic N) is 1. The van der Waals surface area contributed by atoms with Gasteiger partial charge >= 0.3 is 0 Å². The summed E-state index contributed by atoms with van der Waals surface area (Å²) < 4.78 is 6.02. The van der Waals surface area contributed by atoms with Gasteiger partial charge in [-0.2, -0.15) is 0 Å². The lowest BCUT2D eigenvalue weighted by atomic mass is 9.87. The number of benzene rings is 1. The third-order valence-corrected chi connectivity index (χ3v) is 4.79. The second-order valence-electron chi connectivity index (χ2n) is 6.35. The van der Waals surface area contributed by atoms with Crippen molar-refractivity contribution >= 4 is 5.69 Å². The Labute approximate surface area is 115 Å². The zero-order valence-electron chi connectivity index (χ0n) is 12.1. The number of rotatable bonds is 2. The highest BCUT2D eigenvalue weighted by molar-refractivity contribution is 5.46. The van der Waals surface area contributed by atoms with Crippen molar-refractivity contribution in [2.75, 3.05) is 25.6 Å². The molecular formula is C16H24N2O. The number of hydrogen-bond acceptors (Lipinski definition) is 3. The average Bonchev–Trinajstić information content (AvgIpc) is 2.79. The molecule has 1 saturated heterocycles. The first-order chi connectivity index (χ1) is 9.08. The lowest BCUT2D eigenvalue weighted by molar-refractivity contribution is -0.0731. The van der Waals surface area contributed by atoms with Crippen molar-refractivity contribution < 1.29 is 4.74 Å². The third kappa shape index (κ3) is 2.37. The van der Waals surface area contributed by atoms with Crippen LogP contribution in [-0.2, 0) is 4.74 Å². The van der Waals surface area contributed by atoms with Crippen LogP contribution in [0.1, 0.15) is 38.0 Å². The fraction of sp³-hybridized carbons (Fsp3) is 0.625. The van der Waals surface area contributed by atoms with Gasteiger partial charge in [0, 0.05) is 31.2 Å². The largest absolute Gasteiger partial charge is 0.378 e. The van der Waals surface area contributed by atoms with Crippen LogP contribution in [0.2, 0.25) is 0 Å². The number of anilines is 1. The van der Waals surface area contributed by atoms with Gasteiger partial charge in [0.25, 0.3) is 0 Å². The van der Waals surface area contributed by atoms with Crippen LogP contribution < -0.4 is 10.2 Å². The minimum absolute atomic E-state index is 0.0514. The lowest BCUT2D eigenvalue weighted by Gasteiger charge is -2.42. The van der Waals surface area contributed by atoms with Gasteiger partial charge in [0.2, 0.25) is 0 Å². The van der Waals surface area contributed by atoms with Crippen molar-refractivity contribution in [1.29, 1.82) is 0 Å². The normalized spacial score (nSPS) is 34.1. The number of nitrogens with one attached hydrogen (secondary N) is 1. The van der Waals surface area contributed by atoms with Gasteiger partial charge in [-0.15, -0.1) is 0 Å². The van der Waals surface area contributed by atoms with E-state index in [1.54, 1.807) is 0 Å². The van der Waals surface area contributed by atoms with Crippen LogP contribution >= 0.6 is 0 Å². The average molecular weight is 260 g/mol. The summed E-state index contributed by atoms with van der Waals surface area (Å²) in [5.74, 6) is 0.685. The van der Waals surface area contributed by atoms with Crippen LogP contribution in [0, 0.1) is 5.92 Å². The minimum Gasteiger partial charge on any atom is -0.378 e. The molecule has 2 fully saturated rings. The van der Waals surface area contributed by atoms with Gasteiger partial charge in [0.1, 0.15) is 6.23 Å². The molecule has 1 aliphatic carbocycles. The summed E-state index contributed by atoms with van der Waals surface area (Å²) in [4.78, 5) is 2.12. The SMILES string of the molecule is CN(C)c1ccc([C@H]2N[C@@]3(C)CCC[C@H]3CO2)cc1. The van der Waals surface area contributed by atoms with E-state index in [1.807, 2.05) is 0 Å². The van der Waals surface area contributed by atoms with E-state index in [2.05, 4.69) is 55.5 Å². The summed E-state index contributed by atoms with van der Waals surface area (Å²) in [7, 11) is 4.13. The minimum atomic E-state index is 0.0514. The van der Waals surface area contributed by atoms with Crippen molar-refractivity contribution in [2.24, 2.45) is 5.92 Å². The lowest BCUT2D eigenvalue weighted by Crippen LogP contribution is -2.53. The highest BCUT2D eigenvalue weighted by atomic mass is 16.5. The molecule has 19 heavy (non-hydrogen) atoms. The molecule has 0 spiro atoms. The molecule has 0 amide bonds. The van der Waals surface area contributed by atoms with Gasteiger partial charge in [-0.05, 0) is 37.5 Å². The first-order valence-electron chi connectivity index (χ1n) is 7.25. The summed E-state index contributed by atoms with van der Waals surface area (Å²) >= 11 is 0. The fourth-order valence-electron chi connectivity index (χ4n) is 3.38. The first kappa shape index (κ1) is 12.9. The van der Waals surface area contributed by atoms with E-state index >= 15 is 0 Å². The topological polar surface area (TPSA) is 24.5 Å². The van der Waals surface area contributed by atoms with Crippen LogP contribution in [0.25, 0.3) is 0 Å². The van der Waals surface area contributed by atoms with Gasteiger partial charge in [0.05, 0.1) is 6.61 Å². The van der Waals surface area contributed by atoms with E-state index in [1.165, 1.54) is 30.5 Å². The van der Waals surface area contributed by atoms with E-state index in [4.69, 9.17) is 4.74 Å². The van der Waals surface area contributed by atoms with E-state index < -0.39 is 0 Å². The van der Waals surface area contributed by atoms with E-state index in [9.17, 15) is 0 Å².